The van der Waals surface area contributed by atoms with Gasteiger partial charge in [-0.25, -0.2) is 9.59 Å². The molecule has 1 heterocycles. The fourth-order valence-electron chi connectivity index (χ4n) is 1.05. The number of methoxy groups -OCH3 is 1. The van der Waals surface area contributed by atoms with Crippen LogP contribution in [0.1, 0.15) is 26.5 Å². The van der Waals surface area contributed by atoms with Crippen LogP contribution in [0.5, 0.6) is 0 Å². The summed E-state index contributed by atoms with van der Waals surface area (Å²) < 4.78 is 8.55. The molecule has 0 aliphatic carbocycles. The number of aromatic carboxylic acids is 1. The van der Waals surface area contributed by atoms with Crippen molar-refractivity contribution in [3.63, 3.8) is 0 Å². The van der Waals surface area contributed by atoms with Crippen LogP contribution in [-0.4, -0.2) is 34.3 Å². The Balaban J connectivity index is 0.000000191. The number of ether oxygens (including phenoxy) is 1. The zero-order chi connectivity index (χ0) is 14.3. The highest BCUT2D eigenvalue weighted by Crippen LogP contribution is 2.01. The van der Waals surface area contributed by atoms with Crippen LogP contribution < -0.4 is 0 Å². The van der Waals surface area contributed by atoms with Crippen molar-refractivity contribution < 1.29 is 24.0 Å². The molecular formula is C12H12N2O5. The summed E-state index contributed by atoms with van der Waals surface area (Å²) in [4.78, 5) is 24.2. The first-order chi connectivity index (χ1) is 9.04. The van der Waals surface area contributed by atoms with E-state index >= 15 is 0 Å². The molecule has 0 bridgehead atoms. The number of hydrogen-bond donors (Lipinski definition) is 1. The standard InChI is InChI=1S/C8H8O2.C4H4N2O3/c1-6-2-4-7(5-3-6)8(9)10;1-8-4(7)3-5-2-9-6-3/h2-5H,1H3,(H,9,10);2H,1H3. The van der Waals surface area contributed by atoms with E-state index in [1.165, 1.54) is 7.11 Å². The Kier molecular flexibility index (Phi) is 5.21. The number of hydrogen-bond acceptors (Lipinski definition) is 6. The second kappa shape index (κ2) is 6.90. The molecular weight excluding hydrogens is 252 g/mol. The summed E-state index contributed by atoms with van der Waals surface area (Å²) in [5, 5.41) is 11.7. The van der Waals surface area contributed by atoms with Gasteiger partial charge in [0.1, 0.15) is 0 Å². The van der Waals surface area contributed by atoms with Gasteiger partial charge in [0.05, 0.1) is 12.7 Å². The summed E-state index contributed by atoms with van der Waals surface area (Å²) in [6.45, 7) is 1.92. The van der Waals surface area contributed by atoms with E-state index in [0.29, 0.717) is 5.56 Å². The summed E-state index contributed by atoms with van der Waals surface area (Å²) >= 11 is 0. The zero-order valence-electron chi connectivity index (χ0n) is 10.4. The molecule has 0 radical (unpaired) electrons. The highest BCUT2D eigenvalue weighted by molar-refractivity contribution is 5.87. The quantitative estimate of drug-likeness (QED) is 0.820. The number of rotatable bonds is 2. The van der Waals surface area contributed by atoms with E-state index in [9.17, 15) is 9.59 Å². The number of aryl methyl sites for hydroxylation is 1. The molecule has 7 nitrogen and oxygen atoms in total. The van der Waals surface area contributed by atoms with Gasteiger partial charge in [0.25, 0.3) is 5.82 Å². The number of aromatic nitrogens is 2. The van der Waals surface area contributed by atoms with Crippen molar-refractivity contribution in [2.24, 2.45) is 0 Å². The van der Waals surface area contributed by atoms with Crippen LogP contribution in [0.3, 0.4) is 0 Å². The molecule has 1 N–H and O–H groups in total. The molecule has 1 aromatic carbocycles. The molecule has 0 fully saturated rings. The largest absolute Gasteiger partial charge is 0.478 e. The lowest BCUT2D eigenvalue weighted by Crippen LogP contribution is -2.02. The van der Waals surface area contributed by atoms with Gasteiger partial charge in [-0.1, -0.05) is 22.9 Å². The molecule has 19 heavy (non-hydrogen) atoms. The zero-order valence-corrected chi connectivity index (χ0v) is 10.4. The number of carboxylic acid groups (broad SMARTS) is 1. The van der Waals surface area contributed by atoms with Crippen LogP contribution >= 0.6 is 0 Å². The lowest BCUT2D eigenvalue weighted by molar-refractivity contribution is 0.0582. The average molecular weight is 264 g/mol. The average Bonchev–Trinajstić information content (AvgIpc) is 2.93. The monoisotopic (exact) mass is 264 g/mol. The van der Waals surface area contributed by atoms with Crippen LogP contribution in [0.15, 0.2) is 35.2 Å². The first-order valence-corrected chi connectivity index (χ1v) is 5.19. The molecule has 0 saturated heterocycles. The van der Waals surface area contributed by atoms with E-state index in [0.717, 1.165) is 12.0 Å². The number of benzene rings is 1. The van der Waals surface area contributed by atoms with Gasteiger partial charge in [-0.05, 0) is 19.1 Å². The van der Waals surface area contributed by atoms with Crippen LogP contribution in [0.2, 0.25) is 0 Å². The van der Waals surface area contributed by atoms with Crippen LogP contribution in [0.25, 0.3) is 0 Å². The van der Waals surface area contributed by atoms with Crippen LogP contribution in [0.4, 0.5) is 0 Å². The minimum atomic E-state index is -0.875. The summed E-state index contributed by atoms with van der Waals surface area (Å²) in [6, 6.07) is 6.75. The number of esters is 1. The van der Waals surface area contributed by atoms with Crippen molar-refractivity contribution in [1.82, 2.24) is 10.1 Å². The Morgan fingerprint density at radius 3 is 2.32 bits per heavy atom. The molecule has 2 rings (SSSR count). The third kappa shape index (κ3) is 4.58. The van der Waals surface area contributed by atoms with Gasteiger partial charge in [0.15, 0.2) is 0 Å². The van der Waals surface area contributed by atoms with Crippen molar-refractivity contribution in [2.75, 3.05) is 7.11 Å². The summed E-state index contributed by atoms with van der Waals surface area (Å²) in [5.74, 6) is -1.53. The second-order valence-corrected chi connectivity index (χ2v) is 3.42. The lowest BCUT2D eigenvalue weighted by atomic mass is 10.2. The molecule has 0 aliphatic rings. The van der Waals surface area contributed by atoms with Crippen molar-refractivity contribution in [3.8, 4) is 0 Å². The predicted octanol–water partition coefficient (Wildman–Crippen LogP) is 1.55. The van der Waals surface area contributed by atoms with E-state index in [1.54, 1.807) is 24.3 Å². The summed E-state index contributed by atoms with van der Waals surface area (Å²) in [5.41, 5.74) is 1.41. The van der Waals surface area contributed by atoms with Crippen molar-refractivity contribution in [2.45, 2.75) is 6.92 Å². The SMILES string of the molecule is COC(=O)c1ncon1.Cc1ccc(C(=O)O)cc1. The Hall–Kier alpha value is -2.70. The predicted molar refractivity (Wildman–Crippen MR) is 63.8 cm³/mol. The Morgan fingerprint density at radius 1 is 1.26 bits per heavy atom. The molecule has 0 amide bonds. The lowest BCUT2D eigenvalue weighted by Gasteiger charge is -1.92. The van der Waals surface area contributed by atoms with Gasteiger partial charge in [0.2, 0.25) is 6.39 Å². The van der Waals surface area contributed by atoms with E-state index < -0.39 is 11.9 Å². The third-order valence-electron chi connectivity index (χ3n) is 2.03. The highest BCUT2D eigenvalue weighted by atomic mass is 16.5. The van der Waals surface area contributed by atoms with Gasteiger partial charge in [-0.15, -0.1) is 0 Å². The normalized spacial score (nSPS) is 9.16. The number of carboxylic acids is 1. The molecule has 0 unspecified atom stereocenters. The van der Waals surface area contributed by atoms with E-state index in [1.807, 2.05) is 6.92 Å². The molecule has 0 aliphatic heterocycles. The van der Waals surface area contributed by atoms with Crippen LogP contribution in [-0.2, 0) is 4.74 Å². The number of nitrogens with zero attached hydrogens (tertiary/aromatic N) is 2. The van der Waals surface area contributed by atoms with Crippen molar-refractivity contribution >= 4 is 11.9 Å². The highest BCUT2D eigenvalue weighted by Gasteiger charge is 2.08. The molecule has 0 atom stereocenters. The van der Waals surface area contributed by atoms with Crippen LogP contribution in [0, 0.1) is 6.92 Å². The topological polar surface area (TPSA) is 103 Å². The van der Waals surface area contributed by atoms with Gasteiger partial charge < -0.3 is 14.4 Å². The van der Waals surface area contributed by atoms with Gasteiger partial charge in [-0.3, -0.25) is 0 Å². The van der Waals surface area contributed by atoms with E-state index in [2.05, 4.69) is 19.4 Å². The Bertz CT molecular complexity index is 534. The first-order valence-electron chi connectivity index (χ1n) is 5.19. The smallest absolute Gasteiger partial charge is 0.379 e. The minimum absolute atomic E-state index is 0.0579. The Labute approximate surface area is 108 Å². The first kappa shape index (κ1) is 14.4. The molecule has 1 aromatic heterocycles. The maximum Gasteiger partial charge on any atom is 0.379 e. The minimum Gasteiger partial charge on any atom is -0.478 e. The van der Waals surface area contributed by atoms with E-state index in [-0.39, 0.29) is 5.82 Å². The van der Waals surface area contributed by atoms with E-state index in [4.69, 9.17) is 5.11 Å². The fourth-order valence-corrected chi connectivity index (χ4v) is 1.05. The number of carbonyl (C=O) groups is 2. The maximum absolute atomic E-state index is 10.5. The second-order valence-electron chi connectivity index (χ2n) is 3.42. The molecule has 7 heteroatoms. The molecule has 0 saturated carbocycles. The Morgan fingerprint density at radius 2 is 1.89 bits per heavy atom. The third-order valence-corrected chi connectivity index (χ3v) is 2.03. The van der Waals surface area contributed by atoms with Crippen molar-refractivity contribution in [3.05, 3.63) is 47.6 Å². The van der Waals surface area contributed by atoms with Gasteiger partial charge >= 0.3 is 11.9 Å². The molecule has 100 valence electrons. The molecule has 0 spiro atoms. The fraction of sp³-hybridized carbons (Fsp3) is 0.167. The van der Waals surface area contributed by atoms with Gasteiger partial charge in [0, 0.05) is 0 Å². The van der Waals surface area contributed by atoms with Crippen molar-refractivity contribution in [1.29, 1.82) is 0 Å². The summed E-state index contributed by atoms with van der Waals surface area (Å²) in [7, 11) is 1.25. The maximum atomic E-state index is 10.5. The number of carbonyl (C=O) groups excluding carboxylic acids is 1. The van der Waals surface area contributed by atoms with Gasteiger partial charge in [-0.2, -0.15) is 4.98 Å². The summed E-state index contributed by atoms with van der Waals surface area (Å²) in [6.07, 6.45) is 1.06. The molecule has 2 aromatic rings.